The normalized spacial score (nSPS) is 15.6. The smallest absolute Gasteiger partial charge is 0.416 e. The monoisotopic (exact) mass is 389 g/mol. The molecule has 0 aromatic heterocycles. The Morgan fingerprint density at radius 2 is 1.75 bits per heavy atom. The second-order valence-electron chi connectivity index (χ2n) is 6.67. The minimum Gasteiger partial charge on any atom is -0.463 e. The number of benzene rings is 2. The Morgan fingerprint density at radius 3 is 2.43 bits per heavy atom. The van der Waals surface area contributed by atoms with Gasteiger partial charge in [-0.2, -0.15) is 13.2 Å². The Bertz CT molecular complexity index is 860. The highest BCUT2D eigenvalue weighted by Crippen LogP contribution is 2.38. The van der Waals surface area contributed by atoms with Gasteiger partial charge in [0.15, 0.2) is 0 Å². The lowest BCUT2D eigenvalue weighted by Crippen LogP contribution is -2.34. The fraction of sp³-hybridized carbons (Fsp3) is 0.318. The van der Waals surface area contributed by atoms with Gasteiger partial charge >= 0.3 is 12.1 Å². The summed E-state index contributed by atoms with van der Waals surface area (Å²) in [6, 6.07) is 15.2. The van der Waals surface area contributed by atoms with Crippen LogP contribution in [0.4, 0.5) is 13.2 Å². The lowest BCUT2D eigenvalue weighted by Gasteiger charge is -2.31. The van der Waals surface area contributed by atoms with E-state index in [-0.39, 0.29) is 18.7 Å². The van der Waals surface area contributed by atoms with Gasteiger partial charge in [-0.15, -0.1) is 0 Å². The molecule has 0 N–H and O–H groups in total. The average molecular weight is 389 g/mol. The third-order valence-electron chi connectivity index (χ3n) is 4.75. The largest absolute Gasteiger partial charge is 0.463 e. The van der Waals surface area contributed by atoms with Crippen LogP contribution in [0.25, 0.3) is 5.57 Å². The van der Waals surface area contributed by atoms with Crippen molar-refractivity contribution in [2.45, 2.75) is 26.1 Å². The zero-order valence-electron chi connectivity index (χ0n) is 15.6. The predicted molar refractivity (Wildman–Crippen MR) is 101 cm³/mol. The summed E-state index contributed by atoms with van der Waals surface area (Å²) in [7, 11) is 0. The molecule has 1 heterocycles. The molecule has 0 spiro atoms. The molecule has 0 fully saturated rings. The van der Waals surface area contributed by atoms with Crippen LogP contribution < -0.4 is 0 Å². The van der Waals surface area contributed by atoms with E-state index in [2.05, 4.69) is 4.90 Å². The number of rotatable bonds is 5. The number of halogens is 3. The highest BCUT2D eigenvalue weighted by Gasteiger charge is 2.36. The van der Waals surface area contributed by atoms with E-state index in [4.69, 9.17) is 4.74 Å². The SMILES string of the molecule is CCOC(=O)C1=C(c2ccccc2C(F)(F)F)CCN(Cc2ccccc2)C1. The second-order valence-corrected chi connectivity index (χ2v) is 6.67. The number of ether oxygens (including phenoxy) is 1. The van der Waals surface area contributed by atoms with Gasteiger partial charge in [-0.05, 0) is 36.1 Å². The number of hydrogen-bond acceptors (Lipinski definition) is 3. The van der Waals surface area contributed by atoms with Gasteiger partial charge in [0, 0.05) is 19.6 Å². The third kappa shape index (κ3) is 4.62. The Balaban J connectivity index is 1.97. The first kappa shape index (κ1) is 20.1. The Morgan fingerprint density at radius 1 is 1.07 bits per heavy atom. The maximum Gasteiger partial charge on any atom is 0.416 e. The van der Waals surface area contributed by atoms with Crippen LogP contribution in [0.3, 0.4) is 0 Å². The standard InChI is InChI=1S/C22H22F3NO2/c1-2-28-21(27)19-15-26(14-16-8-4-3-5-9-16)13-12-17(19)18-10-6-7-11-20(18)22(23,24)25/h3-11H,2,12-15H2,1H3. The third-order valence-corrected chi connectivity index (χ3v) is 4.75. The zero-order chi connectivity index (χ0) is 20.1. The van der Waals surface area contributed by atoms with Crippen molar-refractivity contribution in [3.63, 3.8) is 0 Å². The first-order chi connectivity index (χ1) is 13.4. The van der Waals surface area contributed by atoms with Gasteiger partial charge in [-0.1, -0.05) is 48.5 Å². The first-order valence-corrected chi connectivity index (χ1v) is 9.22. The summed E-state index contributed by atoms with van der Waals surface area (Å²) in [4.78, 5) is 14.6. The van der Waals surface area contributed by atoms with E-state index in [0.29, 0.717) is 30.7 Å². The van der Waals surface area contributed by atoms with Crippen molar-refractivity contribution in [2.24, 2.45) is 0 Å². The molecule has 0 radical (unpaired) electrons. The van der Waals surface area contributed by atoms with Gasteiger partial charge in [-0.3, -0.25) is 4.90 Å². The molecule has 3 rings (SSSR count). The van der Waals surface area contributed by atoms with Gasteiger partial charge in [0.25, 0.3) is 0 Å². The van der Waals surface area contributed by atoms with Gasteiger partial charge in [-0.25, -0.2) is 4.79 Å². The molecular formula is C22H22F3NO2. The number of carbonyl (C=O) groups excluding carboxylic acids is 1. The van der Waals surface area contributed by atoms with E-state index in [1.54, 1.807) is 13.0 Å². The number of alkyl halides is 3. The number of esters is 1. The maximum atomic E-state index is 13.5. The van der Waals surface area contributed by atoms with E-state index >= 15 is 0 Å². The minimum atomic E-state index is -4.48. The van der Waals surface area contributed by atoms with E-state index in [1.165, 1.54) is 12.1 Å². The number of hydrogen-bond donors (Lipinski definition) is 0. The highest BCUT2D eigenvalue weighted by atomic mass is 19.4. The summed E-state index contributed by atoms with van der Waals surface area (Å²) in [5.74, 6) is -0.549. The summed E-state index contributed by atoms with van der Waals surface area (Å²) in [6.45, 7) is 3.31. The first-order valence-electron chi connectivity index (χ1n) is 9.22. The summed E-state index contributed by atoms with van der Waals surface area (Å²) < 4.78 is 45.6. The maximum absolute atomic E-state index is 13.5. The summed E-state index contributed by atoms with van der Waals surface area (Å²) in [5, 5.41) is 0. The van der Waals surface area contributed by atoms with Crippen molar-refractivity contribution in [3.05, 3.63) is 76.9 Å². The molecule has 0 unspecified atom stereocenters. The van der Waals surface area contributed by atoms with Crippen LogP contribution in [-0.4, -0.2) is 30.6 Å². The topological polar surface area (TPSA) is 29.5 Å². The fourth-order valence-corrected chi connectivity index (χ4v) is 3.49. The molecule has 0 saturated carbocycles. The van der Waals surface area contributed by atoms with Crippen LogP contribution in [-0.2, 0) is 22.3 Å². The summed E-state index contributed by atoms with van der Waals surface area (Å²) in [6.07, 6.45) is -4.13. The van der Waals surface area contributed by atoms with Gasteiger partial charge in [0.1, 0.15) is 0 Å². The molecule has 2 aromatic carbocycles. The van der Waals surface area contributed by atoms with E-state index in [0.717, 1.165) is 11.6 Å². The number of carbonyl (C=O) groups is 1. The molecule has 1 aliphatic heterocycles. The van der Waals surface area contributed by atoms with Crippen molar-refractivity contribution in [1.82, 2.24) is 4.90 Å². The molecular weight excluding hydrogens is 367 g/mol. The van der Waals surface area contributed by atoms with Gasteiger partial charge < -0.3 is 4.74 Å². The molecule has 6 heteroatoms. The molecule has 0 aliphatic carbocycles. The predicted octanol–water partition coefficient (Wildman–Crippen LogP) is 4.93. The van der Waals surface area contributed by atoms with Crippen LogP contribution in [0.5, 0.6) is 0 Å². The van der Waals surface area contributed by atoms with Crippen LogP contribution in [0.1, 0.15) is 30.0 Å². The molecule has 0 amide bonds. The van der Waals surface area contributed by atoms with E-state index in [1.807, 2.05) is 30.3 Å². The van der Waals surface area contributed by atoms with Gasteiger partial charge in [0.05, 0.1) is 17.7 Å². The van der Waals surface area contributed by atoms with Gasteiger partial charge in [0.2, 0.25) is 0 Å². The molecule has 0 saturated heterocycles. The van der Waals surface area contributed by atoms with Crippen molar-refractivity contribution in [1.29, 1.82) is 0 Å². The summed E-state index contributed by atoms with van der Waals surface area (Å²) in [5.41, 5.74) is 1.17. The van der Waals surface area contributed by atoms with Crippen molar-refractivity contribution in [3.8, 4) is 0 Å². The van der Waals surface area contributed by atoms with E-state index < -0.39 is 17.7 Å². The van der Waals surface area contributed by atoms with Crippen molar-refractivity contribution in [2.75, 3.05) is 19.7 Å². The molecule has 28 heavy (non-hydrogen) atoms. The minimum absolute atomic E-state index is 0.0671. The fourth-order valence-electron chi connectivity index (χ4n) is 3.49. The molecule has 148 valence electrons. The zero-order valence-corrected chi connectivity index (χ0v) is 15.6. The van der Waals surface area contributed by atoms with Crippen LogP contribution in [0.15, 0.2) is 60.2 Å². The lowest BCUT2D eigenvalue weighted by atomic mass is 9.89. The number of nitrogens with zero attached hydrogens (tertiary/aromatic N) is 1. The van der Waals surface area contributed by atoms with Crippen molar-refractivity contribution < 1.29 is 22.7 Å². The van der Waals surface area contributed by atoms with Crippen molar-refractivity contribution >= 4 is 11.5 Å². The lowest BCUT2D eigenvalue weighted by molar-refractivity contribution is -0.139. The molecule has 1 aliphatic rings. The summed E-state index contributed by atoms with van der Waals surface area (Å²) >= 11 is 0. The quantitative estimate of drug-likeness (QED) is 0.680. The Kier molecular flexibility index (Phi) is 6.19. The molecule has 3 nitrogen and oxygen atoms in total. The molecule has 0 atom stereocenters. The van der Waals surface area contributed by atoms with Crippen LogP contribution in [0, 0.1) is 0 Å². The van der Waals surface area contributed by atoms with Crippen LogP contribution in [0.2, 0.25) is 0 Å². The Labute approximate surface area is 162 Å². The van der Waals surface area contributed by atoms with Crippen LogP contribution >= 0.6 is 0 Å². The average Bonchev–Trinajstić information content (AvgIpc) is 2.68. The van der Waals surface area contributed by atoms with E-state index in [9.17, 15) is 18.0 Å². The Hall–Kier alpha value is -2.60. The second kappa shape index (κ2) is 8.61. The highest BCUT2D eigenvalue weighted by molar-refractivity contribution is 5.99. The molecule has 2 aromatic rings. The molecule has 0 bridgehead atoms.